The Kier molecular flexibility index (Phi) is 2.68. The second kappa shape index (κ2) is 4.35. The molecule has 6 heteroatoms. The zero-order chi connectivity index (χ0) is 12.5. The first-order chi connectivity index (χ1) is 8.79. The maximum atomic E-state index is 8.82. The molecule has 5 nitrogen and oxygen atoms in total. The van der Waals surface area contributed by atoms with Gasteiger partial charge in [0.1, 0.15) is 23.8 Å². The van der Waals surface area contributed by atoms with Crippen LogP contribution in [0.3, 0.4) is 0 Å². The van der Waals surface area contributed by atoms with Gasteiger partial charge in [-0.15, -0.1) is 0 Å². The number of hydrogen-bond donors (Lipinski definition) is 0. The Morgan fingerprint density at radius 2 is 2.00 bits per heavy atom. The summed E-state index contributed by atoms with van der Waals surface area (Å²) >= 11 is 3.29. The van der Waals surface area contributed by atoms with Gasteiger partial charge in [0.15, 0.2) is 23.0 Å². The quantitative estimate of drug-likeness (QED) is 0.810. The molecule has 0 atom stereocenters. The lowest BCUT2D eigenvalue weighted by molar-refractivity contribution is 0.171. The molecule has 0 unspecified atom stereocenters. The van der Waals surface area contributed by atoms with Gasteiger partial charge in [0.25, 0.3) is 0 Å². The topological polar surface area (TPSA) is 68.3 Å². The highest BCUT2D eigenvalue weighted by Gasteiger charge is 2.18. The van der Waals surface area contributed by atoms with Crippen LogP contribution in [0.25, 0.3) is 11.3 Å². The number of ether oxygens (including phenoxy) is 2. The van der Waals surface area contributed by atoms with Gasteiger partial charge in [0, 0.05) is 5.56 Å². The van der Waals surface area contributed by atoms with Gasteiger partial charge in [0.05, 0.1) is 0 Å². The highest BCUT2D eigenvalue weighted by Crippen LogP contribution is 2.37. The summed E-state index contributed by atoms with van der Waals surface area (Å²) in [4.78, 5) is 0. The summed E-state index contributed by atoms with van der Waals surface area (Å²) in [6.45, 7) is 1.08. The fraction of sp³-hybridized carbons (Fsp3) is 0.167. The SMILES string of the molecule is N#Cc1noc(-c2ccc3c(c2)OCCO3)c1Br. The normalized spacial score (nSPS) is 13.1. The molecule has 3 rings (SSSR count). The number of aromatic nitrogens is 1. The second-order valence-electron chi connectivity index (χ2n) is 3.64. The van der Waals surface area contributed by atoms with Gasteiger partial charge in [-0.2, -0.15) is 5.26 Å². The number of rotatable bonds is 1. The maximum absolute atomic E-state index is 8.82. The monoisotopic (exact) mass is 306 g/mol. The zero-order valence-electron chi connectivity index (χ0n) is 9.14. The van der Waals surface area contributed by atoms with Crippen molar-refractivity contribution in [3.8, 4) is 28.9 Å². The minimum absolute atomic E-state index is 0.222. The van der Waals surface area contributed by atoms with E-state index in [0.717, 1.165) is 5.56 Å². The van der Waals surface area contributed by atoms with E-state index in [0.29, 0.717) is 34.9 Å². The van der Waals surface area contributed by atoms with Crippen molar-refractivity contribution in [1.82, 2.24) is 5.16 Å². The molecule has 1 aliphatic rings. The lowest BCUT2D eigenvalue weighted by Gasteiger charge is -2.18. The molecule has 0 saturated carbocycles. The molecular weight excluding hydrogens is 300 g/mol. The predicted octanol–water partition coefficient (Wildman–Crippen LogP) is 2.75. The van der Waals surface area contributed by atoms with Crippen LogP contribution in [0.5, 0.6) is 11.5 Å². The number of hydrogen-bond acceptors (Lipinski definition) is 5. The molecule has 1 aliphatic heterocycles. The smallest absolute Gasteiger partial charge is 0.198 e. The Labute approximate surface area is 111 Å². The van der Waals surface area contributed by atoms with Crippen molar-refractivity contribution >= 4 is 15.9 Å². The Bertz CT molecular complexity index is 645. The maximum Gasteiger partial charge on any atom is 0.198 e. The van der Waals surface area contributed by atoms with Crippen LogP contribution in [-0.4, -0.2) is 18.4 Å². The fourth-order valence-electron chi connectivity index (χ4n) is 1.71. The number of halogens is 1. The molecule has 0 saturated heterocycles. The van der Waals surface area contributed by atoms with E-state index in [1.54, 1.807) is 6.07 Å². The minimum Gasteiger partial charge on any atom is -0.486 e. The van der Waals surface area contributed by atoms with Gasteiger partial charge in [-0.25, -0.2) is 0 Å². The Balaban J connectivity index is 2.07. The fourth-order valence-corrected chi connectivity index (χ4v) is 2.17. The van der Waals surface area contributed by atoms with E-state index in [1.165, 1.54) is 0 Å². The van der Waals surface area contributed by atoms with Crippen molar-refractivity contribution in [2.75, 3.05) is 13.2 Å². The largest absolute Gasteiger partial charge is 0.486 e. The lowest BCUT2D eigenvalue weighted by atomic mass is 10.1. The predicted molar refractivity (Wildman–Crippen MR) is 65.3 cm³/mol. The van der Waals surface area contributed by atoms with Gasteiger partial charge in [-0.05, 0) is 34.1 Å². The van der Waals surface area contributed by atoms with Crippen LogP contribution in [0.2, 0.25) is 0 Å². The summed E-state index contributed by atoms with van der Waals surface area (Å²) in [5, 5.41) is 12.5. The van der Waals surface area contributed by atoms with Crippen LogP contribution in [-0.2, 0) is 0 Å². The standard InChI is InChI=1S/C12H7BrN2O3/c13-11-8(6-14)15-18-12(11)7-1-2-9-10(5-7)17-4-3-16-9/h1-2,5H,3-4H2. The highest BCUT2D eigenvalue weighted by atomic mass is 79.9. The summed E-state index contributed by atoms with van der Waals surface area (Å²) in [7, 11) is 0. The van der Waals surface area contributed by atoms with E-state index in [9.17, 15) is 0 Å². The molecule has 0 fully saturated rings. The summed E-state index contributed by atoms with van der Waals surface area (Å²) in [5.41, 5.74) is 1.00. The van der Waals surface area contributed by atoms with E-state index < -0.39 is 0 Å². The Morgan fingerprint density at radius 3 is 2.72 bits per heavy atom. The summed E-state index contributed by atoms with van der Waals surface area (Å²) < 4.78 is 16.6. The molecule has 1 aromatic carbocycles. The van der Waals surface area contributed by atoms with Crippen molar-refractivity contribution in [3.05, 3.63) is 28.4 Å². The van der Waals surface area contributed by atoms with Crippen molar-refractivity contribution < 1.29 is 14.0 Å². The first-order valence-corrected chi connectivity index (χ1v) is 6.04. The summed E-state index contributed by atoms with van der Waals surface area (Å²) in [6.07, 6.45) is 0. The number of nitriles is 1. The third-order valence-corrected chi connectivity index (χ3v) is 3.28. The third kappa shape index (κ3) is 1.73. The van der Waals surface area contributed by atoms with Crippen molar-refractivity contribution in [2.45, 2.75) is 0 Å². The minimum atomic E-state index is 0.222. The molecule has 0 aliphatic carbocycles. The van der Waals surface area contributed by atoms with Crippen LogP contribution in [0, 0.1) is 11.3 Å². The molecule has 2 aromatic rings. The second-order valence-corrected chi connectivity index (χ2v) is 4.44. The van der Waals surface area contributed by atoms with E-state index in [-0.39, 0.29) is 5.69 Å². The Hall–Kier alpha value is -2.00. The van der Waals surface area contributed by atoms with E-state index in [1.807, 2.05) is 18.2 Å². The molecule has 1 aromatic heterocycles. The van der Waals surface area contributed by atoms with Crippen molar-refractivity contribution in [1.29, 1.82) is 5.26 Å². The van der Waals surface area contributed by atoms with E-state index >= 15 is 0 Å². The third-order valence-electron chi connectivity index (χ3n) is 2.55. The molecule has 90 valence electrons. The molecule has 2 heterocycles. The number of benzene rings is 1. The van der Waals surface area contributed by atoms with Crippen LogP contribution < -0.4 is 9.47 Å². The average molecular weight is 307 g/mol. The first-order valence-electron chi connectivity index (χ1n) is 5.25. The van der Waals surface area contributed by atoms with Crippen LogP contribution in [0.4, 0.5) is 0 Å². The molecule has 0 radical (unpaired) electrons. The molecule has 0 N–H and O–H groups in total. The number of fused-ring (bicyclic) bond motifs is 1. The molecule has 0 bridgehead atoms. The van der Waals surface area contributed by atoms with Gasteiger partial charge in [0.2, 0.25) is 0 Å². The van der Waals surface area contributed by atoms with Gasteiger partial charge < -0.3 is 14.0 Å². The van der Waals surface area contributed by atoms with E-state index in [2.05, 4.69) is 21.1 Å². The lowest BCUT2D eigenvalue weighted by Crippen LogP contribution is -2.15. The summed E-state index contributed by atoms with van der Waals surface area (Å²) in [6, 6.07) is 7.39. The van der Waals surface area contributed by atoms with Gasteiger partial charge in [-0.3, -0.25) is 0 Å². The van der Waals surface area contributed by atoms with Crippen molar-refractivity contribution in [3.63, 3.8) is 0 Å². The van der Waals surface area contributed by atoms with Crippen molar-refractivity contribution in [2.24, 2.45) is 0 Å². The number of nitrogens with zero attached hydrogens (tertiary/aromatic N) is 2. The van der Waals surface area contributed by atoms with Crippen LogP contribution >= 0.6 is 15.9 Å². The molecule has 0 spiro atoms. The summed E-state index contributed by atoms with van der Waals surface area (Å²) in [5.74, 6) is 1.88. The van der Waals surface area contributed by atoms with E-state index in [4.69, 9.17) is 19.3 Å². The van der Waals surface area contributed by atoms with Crippen LogP contribution in [0.15, 0.2) is 27.2 Å². The van der Waals surface area contributed by atoms with Crippen LogP contribution in [0.1, 0.15) is 5.69 Å². The van der Waals surface area contributed by atoms with Gasteiger partial charge >= 0.3 is 0 Å². The zero-order valence-corrected chi connectivity index (χ0v) is 10.7. The Morgan fingerprint density at radius 1 is 1.22 bits per heavy atom. The highest BCUT2D eigenvalue weighted by molar-refractivity contribution is 9.10. The van der Waals surface area contributed by atoms with Gasteiger partial charge in [-0.1, -0.05) is 5.16 Å². The average Bonchev–Trinajstić information content (AvgIpc) is 2.79. The first kappa shape index (κ1) is 11.1. The molecular formula is C12H7BrN2O3. The molecule has 18 heavy (non-hydrogen) atoms. The molecule has 0 amide bonds.